The van der Waals surface area contributed by atoms with Gasteiger partial charge in [0.25, 0.3) is 0 Å². The minimum absolute atomic E-state index is 0. The third-order valence-corrected chi connectivity index (χ3v) is 2.25. The molecule has 15 heavy (non-hydrogen) atoms. The molecule has 3 nitrogen and oxygen atoms in total. The minimum Gasteiger partial charge on any atom is -0.463 e. The van der Waals surface area contributed by atoms with Crippen molar-refractivity contribution in [1.29, 1.82) is 0 Å². The number of rotatable bonds is 1. The number of hydrogen-bond acceptors (Lipinski definition) is 3. The predicted octanol–water partition coefficient (Wildman–Crippen LogP) is 1.78. The van der Waals surface area contributed by atoms with E-state index in [0.717, 1.165) is 6.92 Å². The van der Waals surface area contributed by atoms with Gasteiger partial charge in [-0.2, -0.15) is 0 Å². The molecule has 0 aliphatic heterocycles. The van der Waals surface area contributed by atoms with Crippen LogP contribution in [0.25, 0.3) is 0 Å². The van der Waals surface area contributed by atoms with Crippen molar-refractivity contribution >= 4 is 11.8 Å². The first-order valence-corrected chi connectivity index (χ1v) is 4.60. The van der Waals surface area contributed by atoms with Gasteiger partial charge in [-0.3, -0.25) is 4.79 Å². The van der Waals surface area contributed by atoms with Crippen LogP contribution in [-0.2, 0) is 35.4 Å². The van der Waals surface area contributed by atoms with Gasteiger partial charge in [-0.05, 0) is 19.3 Å². The van der Waals surface area contributed by atoms with Gasteiger partial charge in [0.05, 0.1) is 7.11 Å². The van der Waals surface area contributed by atoms with Crippen molar-refractivity contribution < 1.29 is 35.4 Å². The van der Waals surface area contributed by atoms with Gasteiger partial charge in [0.1, 0.15) is 0 Å². The zero-order valence-corrected chi connectivity index (χ0v) is 11.1. The second-order valence-corrected chi connectivity index (χ2v) is 3.37. The molecule has 0 aromatic heterocycles. The molecule has 0 atom stereocenters. The maximum Gasteiger partial charge on any atom is 0.374 e. The number of allylic oxidation sites excluding steroid dienone is 4. The van der Waals surface area contributed by atoms with Gasteiger partial charge >= 0.3 is 5.97 Å². The average Bonchev–Trinajstić information content (AvgIpc) is 2.80. The fourth-order valence-corrected chi connectivity index (χ4v) is 1.45. The molecule has 2 bridgehead atoms. The van der Waals surface area contributed by atoms with Crippen molar-refractivity contribution in [3.63, 3.8) is 0 Å². The third kappa shape index (κ3) is 4.56. The van der Waals surface area contributed by atoms with Crippen molar-refractivity contribution in [3.05, 3.63) is 23.3 Å². The Morgan fingerprint density at radius 2 is 1.67 bits per heavy atom. The number of fused-ring (bicyclic) bond motifs is 2. The fourth-order valence-electron chi connectivity index (χ4n) is 1.45. The molecule has 2 rings (SSSR count). The second kappa shape index (κ2) is 6.73. The molecule has 0 spiro atoms. The number of esters is 1. The van der Waals surface area contributed by atoms with Crippen LogP contribution in [0, 0.1) is 0 Å². The Hall–Kier alpha value is -0.692. The molecule has 86 valence electrons. The molecule has 1 saturated carbocycles. The van der Waals surface area contributed by atoms with Crippen molar-refractivity contribution in [2.75, 3.05) is 7.11 Å². The van der Waals surface area contributed by atoms with E-state index < -0.39 is 11.8 Å². The van der Waals surface area contributed by atoms with Crippen molar-refractivity contribution in [1.82, 2.24) is 0 Å². The number of carbonyl (C=O) groups excluding carboxylic acids is 2. The minimum atomic E-state index is -0.792. The Bertz CT molecular complexity index is 298. The fraction of sp³-hybridized carbons (Fsp3) is 0.455. The summed E-state index contributed by atoms with van der Waals surface area (Å²) in [6.45, 7) is 1.16. The quantitative estimate of drug-likeness (QED) is 0.507. The van der Waals surface area contributed by atoms with Gasteiger partial charge in [0.15, 0.2) is 0 Å². The van der Waals surface area contributed by atoms with Crippen LogP contribution in [0.2, 0.25) is 0 Å². The van der Waals surface area contributed by atoms with Crippen LogP contribution in [-0.4, -0.2) is 18.9 Å². The van der Waals surface area contributed by atoms with Crippen LogP contribution < -0.4 is 0 Å². The maximum atomic E-state index is 9.94. The first-order valence-electron chi connectivity index (χ1n) is 4.60. The Kier molecular flexibility index (Phi) is 6.42. The van der Waals surface area contributed by atoms with E-state index in [1.807, 2.05) is 0 Å². The van der Waals surface area contributed by atoms with E-state index in [2.05, 4.69) is 16.9 Å². The predicted molar refractivity (Wildman–Crippen MR) is 52.7 cm³/mol. The van der Waals surface area contributed by atoms with Gasteiger partial charge in [0, 0.05) is 28.0 Å². The van der Waals surface area contributed by atoms with E-state index in [0.29, 0.717) is 0 Å². The Labute approximate surface area is 104 Å². The second-order valence-electron chi connectivity index (χ2n) is 3.37. The summed E-state index contributed by atoms with van der Waals surface area (Å²) in [7, 11) is 1.17. The van der Waals surface area contributed by atoms with E-state index in [4.69, 9.17) is 0 Å². The summed E-state index contributed by atoms with van der Waals surface area (Å²) < 4.78 is 4.02. The standard InChI is InChI=1S/C7H8.C4H6O3.Pt/c1-2-7-4-3-6(1)5-7;1-3(5)4(6)7-2;/h1-2H,3-5H2;1-2H3;. The number of methoxy groups -OCH3 is 1. The smallest absolute Gasteiger partial charge is 0.374 e. The van der Waals surface area contributed by atoms with Crippen molar-refractivity contribution in [2.24, 2.45) is 0 Å². The Morgan fingerprint density at radius 1 is 1.20 bits per heavy atom. The van der Waals surface area contributed by atoms with E-state index in [-0.39, 0.29) is 21.1 Å². The summed E-state index contributed by atoms with van der Waals surface area (Å²) in [5, 5.41) is 0. The largest absolute Gasteiger partial charge is 0.463 e. The molecule has 0 aromatic rings. The number of ether oxygens (including phenoxy) is 1. The number of carbonyl (C=O) groups is 2. The monoisotopic (exact) mass is 389 g/mol. The van der Waals surface area contributed by atoms with Gasteiger partial charge in [-0.15, -0.1) is 0 Å². The number of ketones is 1. The summed E-state index contributed by atoms with van der Waals surface area (Å²) in [6, 6.07) is 0. The number of Topliss-reactive ketones (excluding diaryl/α,β-unsaturated/α-hetero) is 1. The SMILES string of the molecule is C1=C2CCC(=C1)C2.COC(=O)C(C)=O.[Pt]. The number of hydrogen-bond donors (Lipinski definition) is 0. The normalized spacial score (nSPS) is 15.3. The zero-order chi connectivity index (χ0) is 10.6. The van der Waals surface area contributed by atoms with Crippen LogP contribution in [0.3, 0.4) is 0 Å². The van der Waals surface area contributed by atoms with E-state index in [1.165, 1.54) is 26.4 Å². The molecule has 0 unspecified atom stereocenters. The van der Waals surface area contributed by atoms with Gasteiger partial charge in [-0.1, -0.05) is 23.3 Å². The summed E-state index contributed by atoms with van der Waals surface area (Å²) in [6.07, 6.45) is 8.54. The van der Waals surface area contributed by atoms with Gasteiger partial charge < -0.3 is 4.74 Å². The molecule has 0 amide bonds. The molecule has 0 saturated heterocycles. The Morgan fingerprint density at radius 3 is 1.73 bits per heavy atom. The van der Waals surface area contributed by atoms with Gasteiger partial charge in [0.2, 0.25) is 5.78 Å². The van der Waals surface area contributed by atoms with Crippen molar-refractivity contribution in [2.45, 2.75) is 26.2 Å². The summed E-state index contributed by atoms with van der Waals surface area (Å²) >= 11 is 0. The van der Waals surface area contributed by atoms with Gasteiger partial charge in [-0.25, -0.2) is 4.79 Å². The first kappa shape index (κ1) is 14.3. The van der Waals surface area contributed by atoms with Crippen LogP contribution in [0.1, 0.15) is 26.2 Å². The average molecular weight is 389 g/mol. The van der Waals surface area contributed by atoms with Crippen LogP contribution >= 0.6 is 0 Å². The molecule has 2 aliphatic rings. The molecule has 0 N–H and O–H groups in total. The molecule has 0 heterocycles. The molecular formula is C11H14O3Pt. The first-order chi connectivity index (χ1) is 6.63. The Balaban J connectivity index is 0.000000245. The maximum absolute atomic E-state index is 9.94. The topological polar surface area (TPSA) is 43.4 Å². The molecule has 4 heteroatoms. The zero-order valence-electron chi connectivity index (χ0n) is 8.82. The van der Waals surface area contributed by atoms with Crippen molar-refractivity contribution in [3.8, 4) is 0 Å². The van der Waals surface area contributed by atoms with E-state index in [1.54, 1.807) is 11.1 Å². The molecular weight excluding hydrogens is 375 g/mol. The van der Waals surface area contributed by atoms with Crippen LogP contribution in [0.4, 0.5) is 0 Å². The summed E-state index contributed by atoms with van der Waals surface area (Å²) in [5.74, 6) is -1.36. The molecule has 1 fully saturated rings. The molecule has 2 aliphatic carbocycles. The van der Waals surface area contributed by atoms with E-state index >= 15 is 0 Å². The summed E-state index contributed by atoms with van der Waals surface area (Å²) in [5.41, 5.74) is 3.30. The summed E-state index contributed by atoms with van der Waals surface area (Å²) in [4.78, 5) is 19.8. The third-order valence-electron chi connectivity index (χ3n) is 2.25. The van der Waals surface area contributed by atoms with Crippen LogP contribution in [0.5, 0.6) is 0 Å². The molecule has 0 radical (unpaired) electrons. The molecule has 0 aromatic carbocycles. The van der Waals surface area contributed by atoms with E-state index in [9.17, 15) is 9.59 Å². The van der Waals surface area contributed by atoms with Crippen LogP contribution in [0.15, 0.2) is 23.3 Å².